The van der Waals surface area contributed by atoms with Gasteiger partial charge in [0.05, 0.1) is 15.7 Å². The highest BCUT2D eigenvalue weighted by Crippen LogP contribution is 2.35. The monoisotopic (exact) mass is 399 g/mol. The van der Waals surface area contributed by atoms with Gasteiger partial charge in [-0.2, -0.15) is 0 Å². The average Bonchev–Trinajstić information content (AvgIpc) is 2.56. The molecule has 0 aliphatic heterocycles. The van der Waals surface area contributed by atoms with Gasteiger partial charge in [-0.15, -0.1) is 0 Å². The van der Waals surface area contributed by atoms with Crippen molar-refractivity contribution in [3.63, 3.8) is 0 Å². The van der Waals surface area contributed by atoms with Gasteiger partial charge in [0.1, 0.15) is 6.61 Å². The minimum atomic E-state index is -0.899. The number of aliphatic carboxylic acids is 1. The van der Waals surface area contributed by atoms with Gasteiger partial charge in [0.15, 0.2) is 11.6 Å². The number of carbonyl (C=O) groups is 1. The van der Waals surface area contributed by atoms with Crippen LogP contribution < -0.4 is 10.1 Å². The zero-order valence-electron chi connectivity index (χ0n) is 14.5. The van der Waals surface area contributed by atoms with E-state index in [4.69, 9.17) is 33.0 Å². The number of carboxylic acids is 1. The fraction of sp³-hybridized carbons (Fsp3) is 0.316. The first-order chi connectivity index (χ1) is 12.3. The quantitative estimate of drug-likeness (QED) is 0.617. The fourth-order valence-electron chi connectivity index (χ4n) is 2.56. The van der Waals surface area contributed by atoms with Crippen LogP contribution in [0.1, 0.15) is 30.0 Å². The van der Waals surface area contributed by atoms with Gasteiger partial charge in [0.25, 0.3) is 0 Å². The maximum atomic E-state index is 14.5. The molecule has 0 aliphatic carbocycles. The third-order valence-corrected chi connectivity index (χ3v) is 4.28. The summed E-state index contributed by atoms with van der Waals surface area (Å²) in [4.78, 5) is 10.7. The van der Waals surface area contributed by atoms with Crippen molar-refractivity contribution < 1.29 is 19.0 Å². The largest absolute Gasteiger partial charge is 0.486 e. The first-order valence-electron chi connectivity index (χ1n) is 8.17. The van der Waals surface area contributed by atoms with E-state index in [0.29, 0.717) is 29.8 Å². The maximum absolute atomic E-state index is 14.5. The highest BCUT2D eigenvalue weighted by Gasteiger charge is 2.14. The number of ether oxygens (including phenoxy) is 1. The number of rotatable bonds is 8. The number of anilines is 1. The number of hydrogen-bond donors (Lipinski definition) is 2. The fourth-order valence-corrected chi connectivity index (χ4v) is 3.21. The van der Waals surface area contributed by atoms with E-state index >= 15 is 0 Å². The Balaban J connectivity index is 2.18. The van der Waals surface area contributed by atoms with Crippen molar-refractivity contribution in [3.8, 4) is 5.75 Å². The molecule has 2 rings (SSSR count). The molecule has 26 heavy (non-hydrogen) atoms. The topological polar surface area (TPSA) is 58.6 Å². The van der Waals surface area contributed by atoms with Crippen molar-refractivity contribution >= 4 is 34.9 Å². The minimum Gasteiger partial charge on any atom is -0.486 e. The predicted octanol–water partition coefficient (Wildman–Crippen LogP) is 5.47. The lowest BCUT2D eigenvalue weighted by Crippen LogP contribution is -2.06. The van der Waals surface area contributed by atoms with E-state index in [1.54, 1.807) is 24.3 Å². The Kier molecular flexibility index (Phi) is 7.12. The summed E-state index contributed by atoms with van der Waals surface area (Å²) in [7, 11) is 0. The van der Waals surface area contributed by atoms with Crippen LogP contribution in [-0.2, 0) is 17.8 Å². The van der Waals surface area contributed by atoms with Gasteiger partial charge >= 0.3 is 5.97 Å². The highest BCUT2D eigenvalue weighted by molar-refractivity contribution is 6.37. The van der Waals surface area contributed by atoms with Crippen molar-refractivity contribution in [3.05, 3.63) is 56.8 Å². The Morgan fingerprint density at radius 3 is 2.46 bits per heavy atom. The van der Waals surface area contributed by atoms with E-state index in [1.807, 2.05) is 13.8 Å². The Bertz CT molecular complexity index is 789. The summed E-state index contributed by atoms with van der Waals surface area (Å²) < 4.78 is 20.2. The zero-order chi connectivity index (χ0) is 19.3. The second-order valence-corrected chi connectivity index (χ2v) is 6.70. The summed E-state index contributed by atoms with van der Waals surface area (Å²) in [6, 6.07) is 6.67. The van der Waals surface area contributed by atoms with E-state index in [0.717, 1.165) is 5.56 Å². The Morgan fingerprint density at radius 2 is 1.88 bits per heavy atom. The van der Waals surface area contributed by atoms with Gasteiger partial charge in [-0.3, -0.25) is 4.79 Å². The van der Waals surface area contributed by atoms with Crippen LogP contribution in [-0.4, -0.2) is 17.6 Å². The van der Waals surface area contributed by atoms with E-state index < -0.39 is 5.97 Å². The molecule has 2 aromatic rings. The van der Waals surface area contributed by atoms with E-state index in [2.05, 4.69) is 5.32 Å². The lowest BCUT2D eigenvalue weighted by molar-refractivity contribution is -0.136. The molecule has 0 radical (unpaired) electrons. The van der Waals surface area contributed by atoms with Gasteiger partial charge in [0.2, 0.25) is 0 Å². The minimum absolute atomic E-state index is 0.0193. The molecular formula is C19H20Cl2FNO3. The highest BCUT2D eigenvalue weighted by atomic mass is 35.5. The van der Waals surface area contributed by atoms with Crippen LogP contribution >= 0.6 is 23.2 Å². The number of benzene rings is 2. The molecule has 2 aromatic carbocycles. The number of nitrogens with one attached hydrogen (secondary N) is 1. The Hall–Kier alpha value is -1.98. The van der Waals surface area contributed by atoms with Crippen molar-refractivity contribution in [2.45, 2.75) is 33.3 Å². The molecule has 4 nitrogen and oxygen atoms in total. The van der Waals surface area contributed by atoms with Gasteiger partial charge < -0.3 is 15.2 Å². The molecule has 0 bridgehead atoms. The average molecular weight is 400 g/mol. The second-order valence-electron chi connectivity index (χ2n) is 5.89. The Labute approximate surface area is 161 Å². The van der Waals surface area contributed by atoms with Crippen LogP contribution in [0.5, 0.6) is 5.75 Å². The van der Waals surface area contributed by atoms with Crippen molar-refractivity contribution in [2.75, 3.05) is 11.9 Å². The van der Waals surface area contributed by atoms with E-state index in [1.165, 1.54) is 0 Å². The van der Waals surface area contributed by atoms with Crippen LogP contribution in [0, 0.1) is 12.7 Å². The summed E-state index contributed by atoms with van der Waals surface area (Å²) in [6.45, 7) is 4.35. The van der Waals surface area contributed by atoms with Crippen molar-refractivity contribution in [1.82, 2.24) is 0 Å². The molecule has 7 heteroatoms. The maximum Gasteiger partial charge on any atom is 0.303 e. The molecule has 0 spiro atoms. The van der Waals surface area contributed by atoms with Crippen molar-refractivity contribution in [1.29, 1.82) is 0 Å². The van der Waals surface area contributed by atoms with Crippen LogP contribution in [0.15, 0.2) is 24.3 Å². The first-order valence-corrected chi connectivity index (χ1v) is 8.92. The van der Waals surface area contributed by atoms with Crippen LogP contribution in [0.4, 0.5) is 10.1 Å². The molecule has 0 saturated carbocycles. The van der Waals surface area contributed by atoms with E-state index in [-0.39, 0.29) is 34.6 Å². The van der Waals surface area contributed by atoms with Gasteiger partial charge in [-0.1, -0.05) is 23.2 Å². The molecule has 0 aliphatic rings. The van der Waals surface area contributed by atoms with Gasteiger partial charge in [-0.25, -0.2) is 4.39 Å². The first kappa shape index (κ1) is 20.3. The summed E-state index contributed by atoms with van der Waals surface area (Å²) in [5, 5.41) is 12.3. The zero-order valence-corrected chi connectivity index (χ0v) is 16.0. The lowest BCUT2D eigenvalue weighted by atomic mass is 10.1. The molecule has 140 valence electrons. The molecule has 0 fully saturated rings. The molecule has 0 atom stereocenters. The second kappa shape index (κ2) is 9.10. The van der Waals surface area contributed by atoms with Crippen molar-refractivity contribution in [2.24, 2.45) is 0 Å². The smallest absolute Gasteiger partial charge is 0.303 e. The standard InChI is InChI=1S/C19H20Cl2FNO3/c1-3-23-16-7-11(2)6-13(18(16)22)10-26-19-14(20)8-12(9-15(19)21)4-5-17(24)25/h6-9,23H,3-5,10H2,1-2H3,(H,24,25). The SMILES string of the molecule is CCNc1cc(C)cc(COc2c(Cl)cc(CCC(=O)O)cc2Cl)c1F. The Morgan fingerprint density at radius 1 is 1.23 bits per heavy atom. The summed E-state index contributed by atoms with van der Waals surface area (Å²) in [6.07, 6.45) is 0.294. The summed E-state index contributed by atoms with van der Waals surface area (Å²) >= 11 is 12.4. The predicted molar refractivity (Wildman–Crippen MR) is 102 cm³/mol. The number of carboxylic acid groups (broad SMARTS) is 1. The molecule has 0 amide bonds. The third kappa shape index (κ3) is 5.26. The molecule has 0 saturated heterocycles. The molecule has 0 heterocycles. The van der Waals surface area contributed by atoms with Gasteiger partial charge in [-0.05, 0) is 55.7 Å². The summed E-state index contributed by atoms with van der Waals surface area (Å²) in [5.74, 6) is -1.02. The molecule has 0 aromatic heterocycles. The number of halogens is 3. The number of aryl methyl sites for hydroxylation is 2. The third-order valence-electron chi connectivity index (χ3n) is 3.72. The number of hydrogen-bond acceptors (Lipinski definition) is 3. The van der Waals surface area contributed by atoms with E-state index in [9.17, 15) is 9.18 Å². The summed E-state index contributed by atoms with van der Waals surface area (Å²) in [5.41, 5.74) is 2.42. The van der Waals surface area contributed by atoms with Crippen LogP contribution in [0.2, 0.25) is 10.0 Å². The molecule has 0 unspecified atom stereocenters. The normalized spacial score (nSPS) is 10.7. The van der Waals surface area contributed by atoms with Gasteiger partial charge in [0, 0.05) is 18.5 Å². The molecule has 2 N–H and O–H groups in total. The lowest BCUT2D eigenvalue weighted by Gasteiger charge is -2.14. The molecular weight excluding hydrogens is 380 g/mol. The van der Waals surface area contributed by atoms with Crippen LogP contribution in [0.3, 0.4) is 0 Å². The van der Waals surface area contributed by atoms with Crippen LogP contribution in [0.25, 0.3) is 0 Å².